The maximum atomic E-state index is 13.7. The van der Waals surface area contributed by atoms with Crippen LogP contribution >= 0.6 is 0 Å². The molecule has 0 aromatic rings. The summed E-state index contributed by atoms with van der Waals surface area (Å²) in [6.07, 6.45) is 63.2. The fourth-order valence-corrected chi connectivity index (χ4v) is 11.8. The van der Waals surface area contributed by atoms with Crippen molar-refractivity contribution in [3.05, 3.63) is 0 Å². The van der Waals surface area contributed by atoms with Crippen LogP contribution in [0.15, 0.2) is 0 Å². The molecule has 0 aliphatic carbocycles. The first kappa shape index (κ1) is 69.8. The number of unbranched alkanes of at least 4 members (excludes halogenated alkanes) is 39. The molecule has 0 saturated carbocycles. The van der Waals surface area contributed by atoms with Gasteiger partial charge in [-0.1, -0.05) is 292 Å². The molecule has 2 unspecified atom stereocenters. The first-order chi connectivity index (χ1) is 36.0. The number of carbonyl (C=O) groups excluding carboxylic acids is 2. The van der Waals surface area contributed by atoms with Crippen LogP contribution in [0.2, 0.25) is 0 Å². The topological polar surface area (TPSA) is 50.3 Å². The van der Waals surface area contributed by atoms with E-state index in [1.165, 1.54) is 315 Å². The standard InChI is InChI=1S/C46H90N4O2.C20H43N/c1-4-7-10-13-16-19-22-25-28-31-34-47(35-32-29-26-23-20-17-14-11-8-5-2)37-38-48(36-33-30-27-24-21-18-15-12-9-6-3)42-46(52)50-41-44-39-45(50)40-49(44)43-51;1-4-7-9-11-13-15-17-19-21(6-3)20-18-16-14-12-10-8-5-2/h43-45H,4-42H2,1-3H3;4-20H2,1-3H3. The summed E-state index contributed by atoms with van der Waals surface area (Å²) in [6.45, 7) is 25.3. The molecule has 0 aromatic heterocycles. The highest BCUT2D eigenvalue weighted by Crippen LogP contribution is 2.30. The zero-order chi connectivity index (χ0) is 52.9. The first-order valence-corrected chi connectivity index (χ1v) is 33.6. The lowest BCUT2D eigenvalue weighted by Gasteiger charge is -2.34. The zero-order valence-corrected chi connectivity index (χ0v) is 50.9. The largest absolute Gasteiger partial charge is 0.338 e. The lowest BCUT2D eigenvalue weighted by Crippen LogP contribution is -2.51. The van der Waals surface area contributed by atoms with Crippen molar-refractivity contribution in [1.29, 1.82) is 0 Å². The molecule has 2 saturated heterocycles. The van der Waals surface area contributed by atoms with Gasteiger partial charge in [-0.25, -0.2) is 0 Å². The van der Waals surface area contributed by atoms with E-state index in [0.29, 0.717) is 12.5 Å². The molecule has 2 fully saturated rings. The Hall–Kier alpha value is -1.18. The average molecular weight is 1030 g/mol. The van der Waals surface area contributed by atoms with Gasteiger partial charge in [0.2, 0.25) is 12.3 Å². The van der Waals surface area contributed by atoms with Crippen molar-refractivity contribution < 1.29 is 9.59 Å². The highest BCUT2D eigenvalue weighted by atomic mass is 16.2. The normalized spacial score (nSPS) is 15.4. The molecule has 0 aromatic carbocycles. The predicted molar refractivity (Wildman–Crippen MR) is 323 cm³/mol. The van der Waals surface area contributed by atoms with Gasteiger partial charge in [0.05, 0.1) is 18.6 Å². The fourth-order valence-electron chi connectivity index (χ4n) is 11.8. The van der Waals surface area contributed by atoms with Crippen LogP contribution in [-0.2, 0) is 9.59 Å². The summed E-state index contributed by atoms with van der Waals surface area (Å²) in [5.74, 6) is 0.293. The van der Waals surface area contributed by atoms with Gasteiger partial charge in [-0.05, 0) is 77.8 Å². The molecular formula is C66H133N5O2. The second-order valence-electron chi connectivity index (χ2n) is 23.7. The van der Waals surface area contributed by atoms with Crippen molar-refractivity contribution in [2.24, 2.45) is 0 Å². The van der Waals surface area contributed by atoms with Crippen molar-refractivity contribution in [2.45, 2.75) is 343 Å². The third kappa shape index (κ3) is 41.6. The van der Waals surface area contributed by atoms with Crippen molar-refractivity contribution in [3.8, 4) is 0 Å². The SMILES string of the molecule is CCCCCCCCCCCCN(CCCCCCCCCCCC)CCN(CCCCCCCCCCCC)CC(=O)N1CC2CC1CN2C=O.CCCCCCCCCN(CC)CCCCCCCCC. The van der Waals surface area contributed by atoms with E-state index in [0.717, 1.165) is 45.6 Å². The van der Waals surface area contributed by atoms with Gasteiger partial charge in [-0.15, -0.1) is 0 Å². The Morgan fingerprint density at radius 2 is 0.616 bits per heavy atom. The lowest BCUT2D eigenvalue weighted by molar-refractivity contribution is -0.136. The van der Waals surface area contributed by atoms with E-state index in [4.69, 9.17) is 0 Å². The van der Waals surface area contributed by atoms with Crippen molar-refractivity contribution in [1.82, 2.24) is 24.5 Å². The predicted octanol–water partition coefficient (Wildman–Crippen LogP) is 18.6. The maximum absolute atomic E-state index is 13.7. The lowest BCUT2D eigenvalue weighted by atomic mass is 10.1. The van der Waals surface area contributed by atoms with Gasteiger partial charge in [0.25, 0.3) is 0 Å². The quantitative estimate of drug-likeness (QED) is 0.0449. The summed E-state index contributed by atoms with van der Waals surface area (Å²) in [4.78, 5) is 37.1. The van der Waals surface area contributed by atoms with Gasteiger partial charge in [0.1, 0.15) is 0 Å². The van der Waals surface area contributed by atoms with Gasteiger partial charge in [-0.2, -0.15) is 0 Å². The number of hydrogen-bond donors (Lipinski definition) is 0. The number of amides is 2. The molecule has 2 amide bonds. The number of rotatable bonds is 56. The number of hydrogen-bond acceptors (Lipinski definition) is 5. The molecule has 73 heavy (non-hydrogen) atoms. The van der Waals surface area contributed by atoms with Crippen LogP contribution < -0.4 is 0 Å². The van der Waals surface area contributed by atoms with E-state index in [1.54, 1.807) is 0 Å². The highest BCUT2D eigenvalue weighted by Gasteiger charge is 2.44. The van der Waals surface area contributed by atoms with Gasteiger partial charge in [0.15, 0.2) is 0 Å². The molecule has 0 spiro atoms. The second kappa shape index (κ2) is 54.2. The van der Waals surface area contributed by atoms with Crippen LogP contribution in [0.5, 0.6) is 0 Å². The van der Waals surface area contributed by atoms with E-state index < -0.39 is 0 Å². The Morgan fingerprint density at radius 1 is 0.342 bits per heavy atom. The Bertz CT molecular complexity index is 1100. The van der Waals surface area contributed by atoms with Gasteiger partial charge < -0.3 is 19.6 Å². The number of carbonyl (C=O) groups is 2. The van der Waals surface area contributed by atoms with Crippen LogP contribution in [0.1, 0.15) is 330 Å². The summed E-state index contributed by atoms with van der Waals surface area (Å²) in [5.41, 5.74) is 0. The van der Waals surface area contributed by atoms with E-state index in [1.807, 2.05) is 4.90 Å². The molecule has 0 N–H and O–H groups in total. The van der Waals surface area contributed by atoms with Crippen LogP contribution in [0.25, 0.3) is 0 Å². The molecule has 434 valence electrons. The Labute approximate surface area is 459 Å². The van der Waals surface area contributed by atoms with Crippen LogP contribution in [-0.4, -0.2) is 121 Å². The average Bonchev–Trinajstić information content (AvgIpc) is 4.02. The minimum Gasteiger partial charge on any atom is -0.338 e. The third-order valence-corrected chi connectivity index (χ3v) is 16.9. The van der Waals surface area contributed by atoms with E-state index in [-0.39, 0.29) is 12.1 Å². The minimum absolute atomic E-state index is 0.228. The summed E-state index contributed by atoms with van der Waals surface area (Å²) >= 11 is 0. The second-order valence-corrected chi connectivity index (χ2v) is 23.7. The van der Waals surface area contributed by atoms with Crippen LogP contribution in [0, 0.1) is 0 Å². The summed E-state index contributed by atoms with van der Waals surface area (Å²) in [6, 6.07) is 0.463. The molecule has 7 nitrogen and oxygen atoms in total. The summed E-state index contributed by atoms with van der Waals surface area (Å²) in [7, 11) is 0. The van der Waals surface area contributed by atoms with E-state index in [9.17, 15) is 9.59 Å². The van der Waals surface area contributed by atoms with E-state index in [2.05, 4.69) is 61.1 Å². The fraction of sp³-hybridized carbons (Fsp3) is 0.970. The maximum Gasteiger partial charge on any atom is 0.237 e. The first-order valence-electron chi connectivity index (χ1n) is 33.6. The van der Waals surface area contributed by atoms with E-state index >= 15 is 0 Å². The number of nitrogens with zero attached hydrogens (tertiary/aromatic N) is 5. The summed E-state index contributed by atoms with van der Waals surface area (Å²) in [5, 5.41) is 0. The van der Waals surface area contributed by atoms with Crippen LogP contribution in [0.4, 0.5) is 0 Å². The highest BCUT2D eigenvalue weighted by molar-refractivity contribution is 5.79. The monoisotopic (exact) mass is 1030 g/mol. The zero-order valence-electron chi connectivity index (χ0n) is 50.9. The molecule has 7 heteroatoms. The number of fused-ring (bicyclic) bond motifs is 2. The van der Waals surface area contributed by atoms with Crippen molar-refractivity contribution in [2.75, 3.05) is 72.0 Å². The molecule has 2 bridgehead atoms. The number of likely N-dealkylation sites (tertiary alicyclic amines) is 2. The minimum atomic E-state index is 0.228. The molecule has 2 aliphatic rings. The van der Waals surface area contributed by atoms with Gasteiger partial charge in [0, 0.05) is 26.2 Å². The van der Waals surface area contributed by atoms with Gasteiger partial charge >= 0.3 is 0 Å². The Kier molecular flexibility index (Phi) is 51.8. The Morgan fingerprint density at radius 3 is 0.890 bits per heavy atom. The molecule has 2 heterocycles. The number of piperazine rings is 1. The molecule has 2 aliphatic heterocycles. The van der Waals surface area contributed by atoms with Crippen molar-refractivity contribution >= 4 is 12.3 Å². The third-order valence-electron chi connectivity index (χ3n) is 16.9. The molecular weight excluding hydrogens is 895 g/mol. The summed E-state index contributed by atoms with van der Waals surface area (Å²) < 4.78 is 0. The Balaban J connectivity index is 0.00000106. The van der Waals surface area contributed by atoms with Crippen molar-refractivity contribution in [3.63, 3.8) is 0 Å². The molecule has 2 atom stereocenters. The smallest absolute Gasteiger partial charge is 0.237 e. The molecule has 0 radical (unpaired) electrons. The molecule has 2 rings (SSSR count). The van der Waals surface area contributed by atoms with Gasteiger partial charge in [-0.3, -0.25) is 14.5 Å². The van der Waals surface area contributed by atoms with Crippen LogP contribution in [0.3, 0.4) is 0 Å².